The average Bonchev–Trinajstić information content (AvgIpc) is 3.67. The molecule has 2 atom stereocenters. The number of carbonyl (C=O) groups excluding carboxylic acids is 1. The summed E-state index contributed by atoms with van der Waals surface area (Å²) in [5.74, 6) is 0.171. The van der Waals surface area contributed by atoms with Gasteiger partial charge in [-0.05, 0) is 74.0 Å². The summed E-state index contributed by atoms with van der Waals surface area (Å²) in [5.41, 5.74) is -0.0814. The zero-order valence-electron chi connectivity index (χ0n) is 24.5. The molecule has 234 valence electrons. The number of benzene rings is 2. The van der Waals surface area contributed by atoms with Crippen molar-refractivity contribution in [3.63, 3.8) is 0 Å². The Kier molecular flexibility index (Phi) is 8.33. The van der Waals surface area contributed by atoms with E-state index in [1.807, 2.05) is 11.9 Å². The number of halogens is 4. The summed E-state index contributed by atoms with van der Waals surface area (Å²) in [6, 6.07) is 8.60. The van der Waals surface area contributed by atoms with Crippen LogP contribution in [0.15, 0.2) is 53.7 Å². The third kappa shape index (κ3) is 5.90. The number of carbonyl (C=O) groups is 1. The number of furan rings is 1. The third-order valence-corrected chi connectivity index (χ3v) is 8.82. The van der Waals surface area contributed by atoms with Crippen molar-refractivity contribution in [1.29, 1.82) is 5.26 Å². The molecule has 0 saturated carbocycles. The number of rotatable bonds is 7. The fraction of sp³-hybridized carbons (Fsp3) is 0.375. The van der Waals surface area contributed by atoms with Crippen LogP contribution in [0.25, 0.3) is 33.0 Å². The normalized spacial score (nSPS) is 19.3. The summed E-state index contributed by atoms with van der Waals surface area (Å²) in [6.07, 6.45) is 0.0920. The van der Waals surface area contributed by atoms with E-state index < -0.39 is 17.8 Å². The second-order valence-corrected chi connectivity index (χ2v) is 11.7. The second-order valence-electron chi connectivity index (χ2n) is 11.3. The van der Waals surface area contributed by atoms with Crippen LogP contribution in [0.3, 0.4) is 0 Å². The Hall–Kier alpha value is -4.34. The first-order valence-corrected chi connectivity index (χ1v) is 14.9. The lowest BCUT2D eigenvalue weighted by Gasteiger charge is -2.41. The van der Waals surface area contributed by atoms with Crippen molar-refractivity contribution in [3.8, 4) is 23.2 Å². The predicted octanol–water partition coefficient (Wildman–Crippen LogP) is 6.31. The number of hydrogen-bond donors (Lipinski definition) is 0. The number of nitriles is 1. The number of piperazine rings is 1. The Morgan fingerprint density at radius 2 is 2.02 bits per heavy atom. The molecule has 2 aliphatic rings. The fourth-order valence-electron chi connectivity index (χ4n) is 6.30. The predicted molar refractivity (Wildman–Crippen MR) is 164 cm³/mol. The maximum atomic E-state index is 14.2. The molecule has 2 fully saturated rings. The van der Waals surface area contributed by atoms with E-state index in [1.165, 1.54) is 24.5 Å². The summed E-state index contributed by atoms with van der Waals surface area (Å²) in [6.45, 7) is 5.83. The van der Waals surface area contributed by atoms with Gasteiger partial charge in [-0.15, -0.1) is 0 Å². The Labute approximate surface area is 262 Å². The molecule has 2 aromatic carbocycles. The number of likely N-dealkylation sites (N-methyl/N-ethyl adjacent to an activating group) is 1. The molecule has 0 spiro atoms. The molecule has 9 nitrogen and oxygen atoms in total. The maximum absolute atomic E-state index is 14.2. The van der Waals surface area contributed by atoms with Crippen molar-refractivity contribution in [2.24, 2.45) is 0 Å². The first-order valence-electron chi connectivity index (χ1n) is 14.6. The Morgan fingerprint density at radius 1 is 1.20 bits per heavy atom. The molecule has 13 heteroatoms. The zero-order valence-corrected chi connectivity index (χ0v) is 25.2. The number of amides is 1. The average molecular weight is 639 g/mol. The van der Waals surface area contributed by atoms with Gasteiger partial charge >= 0.3 is 12.2 Å². The molecule has 2 aliphatic heterocycles. The van der Waals surface area contributed by atoms with Crippen molar-refractivity contribution in [1.82, 2.24) is 19.8 Å². The summed E-state index contributed by atoms with van der Waals surface area (Å²) < 4.78 is 54.6. The molecule has 0 radical (unpaired) electrons. The number of nitrogens with zero attached hydrogens (tertiary/aromatic N) is 6. The highest BCUT2D eigenvalue weighted by atomic mass is 35.5. The molecule has 0 unspecified atom stereocenters. The first kappa shape index (κ1) is 30.7. The summed E-state index contributed by atoms with van der Waals surface area (Å²) in [5, 5.41) is 10.6. The number of anilines is 1. The van der Waals surface area contributed by atoms with E-state index in [-0.39, 0.29) is 47.1 Å². The maximum Gasteiger partial charge on any atom is 0.417 e. The number of alkyl halides is 3. The number of aromatic nitrogens is 2. The monoisotopic (exact) mass is 638 g/mol. The van der Waals surface area contributed by atoms with Crippen molar-refractivity contribution < 1.29 is 27.1 Å². The molecule has 4 aromatic rings. The van der Waals surface area contributed by atoms with Gasteiger partial charge in [0.25, 0.3) is 0 Å². The van der Waals surface area contributed by atoms with Crippen LogP contribution < -0.4 is 9.64 Å². The van der Waals surface area contributed by atoms with Gasteiger partial charge in [0.15, 0.2) is 0 Å². The van der Waals surface area contributed by atoms with Gasteiger partial charge in [-0.25, -0.2) is 0 Å². The Morgan fingerprint density at radius 3 is 2.73 bits per heavy atom. The highest BCUT2D eigenvalue weighted by Gasteiger charge is 2.36. The van der Waals surface area contributed by atoms with Crippen LogP contribution >= 0.6 is 11.6 Å². The highest BCUT2D eigenvalue weighted by molar-refractivity contribution is 6.31. The van der Waals surface area contributed by atoms with E-state index in [1.54, 1.807) is 17.0 Å². The fourth-order valence-corrected chi connectivity index (χ4v) is 6.47. The van der Waals surface area contributed by atoms with Gasteiger partial charge in [0.2, 0.25) is 5.91 Å². The standard InChI is InChI=1S/C32H30ClF3N6O3/c1-3-27(43)42-13-12-41(17-20(42)8-10-37)30-28-26(38-31(39-30)45-18-21-5-4-11-40(21)2)16-23(22-9-14-44-29(22)28)24-15-19(33)6-7-25(24)32(34,35)36/h3,6-7,9,14-16,20-21H,1,4-5,8,11-13,17-18H2,2H3/t20-,21-/m0/s1. The van der Waals surface area contributed by atoms with Crippen molar-refractivity contribution in [2.75, 3.05) is 44.7 Å². The quantitative estimate of drug-likeness (QED) is 0.217. The van der Waals surface area contributed by atoms with E-state index in [4.69, 9.17) is 25.7 Å². The van der Waals surface area contributed by atoms with Crippen molar-refractivity contribution in [3.05, 3.63) is 59.8 Å². The van der Waals surface area contributed by atoms with E-state index in [2.05, 4.69) is 22.5 Å². The van der Waals surface area contributed by atoms with Gasteiger partial charge in [0.1, 0.15) is 18.0 Å². The van der Waals surface area contributed by atoms with Gasteiger partial charge in [-0.3, -0.25) is 4.79 Å². The second kappa shape index (κ2) is 12.2. The number of likely N-dealkylation sites (tertiary alicyclic amines) is 1. The number of fused-ring (bicyclic) bond motifs is 3. The number of hydrogen-bond acceptors (Lipinski definition) is 8. The highest BCUT2D eigenvalue weighted by Crippen LogP contribution is 2.44. The van der Waals surface area contributed by atoms with Gasteiger partial charge in [-0.1, -0.05) is 18.2 Å². The molecule has 1 amide bonds. The zero-order chi connectivity index (χ0) is 31.9. The van der Waals surface area contributed by atoms with Gasteiger partial charge in [0, 0.05) is 36.1 Å². The van der Waals surface area contributed by atoms with Crippen LogP contribution in [0.5, 0.6) is 6.01 Å². The van der Waals surface area contributed by atoms with Crippen molar-refractivity contribution in [2.45, 2.75) is 37.5 Å². The lowest BCUT2D eigenvalue weighted by molar-refractivity contribution is -0.137. The lowest BCUT2D eigenvalue weighted by atomic mass is 9.95. The molecular formula is C32H30ClF3N6O3. The van der Waals surface area contributed by atoms with Crippen molar-refractivity contribution >= 4 is 45.2 Å². The summed E-state index contributed by atoms with van der Waals surface area (Å²) in [7, 11) is 2.02. The molecule has 0 bridgehead atoms. The molecule has 2 aromatic heterocycles. The molecular weight excluding hydrogens is 609 g/mol. The Bertz CT molecular complexity index is 1820. The van der Waals surface area contributed by atoms with E-state index in [0.29, 0.717) is 47.4 Å². The third-order valence-electron chi connectivity index (χ3n) is 8.58. The van der Waals surface area contributed by atoms with Crippen LogP contribution in [0.1, 0.15) is 24.8 Å². The summed E-state index contributed by atoms with van der Waals surface area (Å²) in [4.78, 5) is 27.8. The molecule has 0 aliphatic carbocycles. The number of ether oxygens (including phenoxy) is 1. The van der Waals surface area contributed by atoms with Crippen LogP contribution in [-0.2, 0) is 11.0 Å². The topological polar surface area (TPSA) is 98.7 Å². The minimum atomic E-state index is -4.64. The Balaban J connectivity index is 1.53. The van der Waals surface area contributed by atoms with Gasteiger partial charge in [0.05, 0.1) is 41.3 Å². The van der Waals surface area contributed by atoms with Gasteiger partial charge < -0.3 is 23.9 Å². The smallest absolute Gasteiger partial charge is 0.417 e. The van der Waals surface area contributed by atoms with E-state index >= 15 is 0 Å². The molecule has 6 rings (SSSR count). The largest absolute Gasteiger partial charge is 0.463 e. The van der Waals surface area contributed by atoms with Crippen LogP contribution in [-0.4, -0.2) is 77.6 Å². The minimum Gasteiger partial charge on any atom is -0.463 e. The molecule has 4 heterocycles. The molecule has 45 heavy (non-hydrogen) atoms. The first-order chi connectivity index (χ1) is 21.6. The van der Waals surface area contributed by atoms with E-state index in [0.717, 1.165) is 25.5 Å². The molecule has 0 N–H and O–H groups in total. The SMILES string of the molecule is C=CC(=O)N1CCN(c2nc(OC[C@@H]3CCCN3C)nc3cc(-c4cc(Cl)ccc4C(F)(F)F)c4ccoc4c23)C[C@@H]1CC#N. The van der Waals surface area contributed by atoms with Crippen LogP contribution in [0.2, 0.25) is 5.02 Å². The van der Waals surface area contributed by atoms with Gasteiger partial charge in [-0.2, -0.15) is 28.4 Å². The van der Waals surface area contributed by atoms with Crippen LogP contribution in [0.4, 0.5) is 19.0 Å². The molecule has 2 saturated heterocycles. The van der Waals surface area contributed by atoms with E-state index in [9.17, 15) is 23.2 Å². The van der Waals surface area contributed by atoms with Crippen LogP contribution in [0, 0.1) is 11.3 Å². The lowest BCUT2D eigenvalue weighted by Crippen LogP contribution is -2.55. The summed E-state index contributed by atoms with van der Waals surface area (Å²) >= 11 is 6.21. The minimum absolute atomic E-state index is 0.0678.